The molecule has 1 aliphatic heterocycles. The number of piperazine rings is 1. The van der Waals surface area contributed by atoms with Gasteiger partial charge in [-0.05, 0) is 62.8 Å². The molecule has 2 heterocycles. The van der Waals surface area contributed by atoms with Crippen LogP contribution in [-0.2, 0) is 4.79 Å². The number of carbonyl (C=O) groups excluding carboxylic acids is 1. The number of benzene rings is 1. The molecule has 7 heteroatoms. The maximum absolute atomic E-state index is 13.0. The van der Waals surface area contributed by atoms with Crippen LogP contribution in [0.1, 0.15) is 44.9 Å². The third kappa shape index (κ3) is 4.21. The van der Waals surface area contributed by atoms with E-state index in [4.69, 9.17) is 4.74 Å². The lowest BCUT2D eigenvalue weighted by atomic mass is 9.86. The minimum Gasteiger partial charge on any atom is -0.490 e. The number of carbonyl (C=O) groups is 1. The highest BCUT2D eigenvalue weighted by atomic mass is 16.5. The van der Waals surface area contributed by atoms with Crippen molar-refractivity contribution in [3.8, 4) is 11.4 Å². The summed E-state index contributed by atoms with van der Waals surface area (Å²) in [5, 5.41) is 4.14. The number of aromatic nitrogens is 3. The smallest absolute Gasteiger partial charge is 0.225 e. The van der Waals surface area contributed by atoms with Crippen molar-refractivity contribution in [1.82, 2.24) is 24.6 Å². The second-order valence-electron chi connectivity index (χ2n) is 8.87. The number of hydrogen-bond donors (Lipinski definition) is 0. The van der Waals surface area contributed by atoms with Gasteiger partial charge in [0, 0.05) is 38.1 Å². The molecule has 7 nitrogen and oxygen atoms in total. The van der Waals surface area contributed by atoms with E-state index in [1.54, 1.807) is 11.0 Å². The molecule has 0 N–H and O–H groups in total. The van der Waals surface area contributed by atoms with E-state index < -0.39 is 0 Å². The van der Waals surface area contributed by atoms with E-state index in [-0.39, 0.29) is 12.0 Å². The maximum atomic E-state index is 13.0. The molecule has 1 amide bonds. The zero-order chi connectivity index (χ0) is 20.3. The highest BCUT2D eigenvalue weighted by molar-refractivity contribution is 5.79. The molecular weight excluding hydrogens is 378 g/mol. The monoisotopic (exact) mass is 409 g/mol. The molecular formula is C23H31N5O2. The van der Waals surface area contributed by atoms with Gasteiger partial charge in [-0.15, -0.1) is 0 Å². The summed E-state index contributed by atoms with van der Waals surface area (Å²) in [6.07, 6.45) is 11.2. The fourth-order valence-electron chi connectivity index (χ4n) is 4.96. The molecule has 3 fully saturated rings. The Labute approximate surface area is 178 Å². The zero-order valence-electron chi connectivity index (χ0n) is 17.5. The van der Waals surface area contributed by atoms with E-state index in [1.807, 2.05) is 24.3 Å². The first-order valence-corrected chi connectivity index (χ1v) is 11.4. The van der Waals surface area contributed by atoms with Gasteiger partial charge in [-0.3, -0.25) is 9.69 Å². The Morgan fingerprint density at radius 2 is 1.67 bits per heavy atom. The van der Waals surface area contributed by atoms with Crippen LogP contribution in [0.15, 0.2) is 36.9 Å². The van der Waals surface area contributed by atoms with Gasteiger partial charge < -0.3 is 9.64 Å². The molecule has 2 aliphatic carbocycles. The van der Waals surface area contributed by atoms with Crippen LogP contribution in [-0.4, -0.2) is 68.8 Å². The van der Waals surface area contributed by atoms with Crippen LogP contribution in [0.4, 0.5) is 0 Å². The molecule has 0 unspecified atom stereocenters. The second-order valence-corrected chi connectivity index (χ2v) is 8.87. The predicted octanol–water partition coefficient (Wildman–Crippen LogP) is 2.90. The maximum Gasteiger partial charge on any atom is 0.225 e. The number of amides is 1. The molecule has 0 spiro atoms. The summed E-state index contributed by atoms with van der Waals surface area (Å²) < 4.78 is 7.91. The van der Waals surface area contributed by atoms with Gasteiger partial charge in [0.05, 0.1) is 11.8 Å². The highest BCUT2D eigenvalue weighted by Crippen LogP contribution is 2.30. The fraction of sp³-hybridized carbons (Fsp3) is 0.609. The molecule has 1 aromatic heterocycles. The molecule has 0 radical (unpaired) electrons. The normalized spacial score (nSPS) is 25.7. The van der Waals surface area contributed by atoms with Crippen molar-refractivity contribution in [2.75, 3.05) is 26.2 Å². The summed E-state index contributed by atoms with van der Waals surface area (Å²) in [5.74, 6) is 1.43. The quantitative estimate of drug-likeness (QED) is 0.760. The molecule has 30 heavy (non-hydrogen) atoms. The summed E-state index contributed by atoms with van der Waals surface area (Å²) in [5.41, 5.74) is 0.964. The standard InChI is InChI=1S/C23H31N5O2/c29-23(27-14-12-26(13-15-27)19-2-1-3-19)18-4-8-21(9-5-18)30-22-10-6-20(7-11-22)28-17-24-16-25-28/h6-7,10-11,16-19,21H,1-5,8-9,12-15H2. The zero-order valence-corrected chi connectivity index (χ0v) is 17.5. The van der Waals surface area contributed by atoms with Gasteiger partial charge in [0.15, 0.2) is 0 Å². The van der Waals surface area contributed by atoms with E-state index in [9.17, 15) is 4.79 Å². The summed E-state index contributed by atoms with van der Waals surface area (Å²) in [7, 11) is 0. The van der Waals surface area contributed by atoms with Crippen molar-refractivity contribution in [3.05, 3.63) is 36.9 Å². The molecule has 0 bridgehead atoms. The van der Waals surface area contributed by atoms with Crippen molar-refractivity contribution in [2.24, 2.45) is 5.92 Å². The van der Waals surface area contributed by atoms with Crippen molar-refractivity contribution in [3.63, 3.8) is 0 Å². The Morgan fingerprint density at radius 3 is 2.27 bits per heavy atom. The molecule has 1 saturated heterocycles. The lowest BCUT2D eigenvalue weighted by Gasteiger charge is -2.43. The second kappa shape index (κ2) is 8.76. The Kier molecular flexibility index (Phi) is 5.71. The highest BCUT2D eigenvalue weighted by Gasteiger charge is 2.33. The van der Waals surface area contributed by atoms with Crippen LogP contribution in [0.3, 0.4) is 0 Å². The van der Waals surface area contributed by atoms with Crippen LogP contribution < -0.4 is 4.74 Å². The number of hydrogen-bond acceptors (Lipinski definition) is 5. The van der Waals surface area contributed by atoms with Crippen molar-refractivity contribution in [1.29, 1.82) is 0 Å². The average molecular weight is 410 g/mol. The van der Waals surface area contributed by atoms with Gasteiger partial charge >= 0.3 is 0 Å². The molecule has 2 saturated carbocycles. The molecule has 5 rings (SSSR count). The third-order valence-electron chi connectivity index (χ3n) is 7.06. The van der Waals surface area contributed by atoms with E-state index in [0.29, 0.717) is 5.91 Å². The first-order chi connectivity index (χ1) is 14.8. The minimum absolute atomic E-state index is 0.176. The topological polar surface area (TPSA) is 63.5 Å². The van der Waals surface area contributed by atoms with Gasteiger partial charge in [0.25, 0.3) is 0 Å². The predicted molar refractivity (Wildman–Crippen MR) is 114 cm³/mol. The molecule has 160 valence electrons. The van der Waals surface area contributed by atoms with E-state index in [2.05, 4.69) is 19.9 Å². The largest absolute Gasteiger partial charge is 0.490 e. The van der Waals surface area contributed by atoms with Crippen LogP contribution in [0.25, 0.3) is 5.69 Å². The lowest BCUT2D eigenvalue weighted by molar-refractivity contribution is -0.139. The average Bonchev–Trinajstić information content (AvgIpc) is 3.29. The first-order valence-electron chi connectivity index (χ1n) is 11.4. The first kappa shape index (κ1) is 19.5. The van der Waals surface area contributed by atoms with Crippen molar-refractivity contribution < 1.29 is 9.53 Å². The Bertz CT molecular complexity index is 818. The number of ether oxygens (including phenoxy) is 1. The Morgan fingerprint density at radius 1 is 0.933 bits per heavy atom. The van der Waals surface area contributed by atoms with Gasteiger partial charge in [0.1, 0.15) is 18.4 Å². The Balaban J connectivity index is 1.07. The van der Waals surface area contributed by atoms with Crippen molar-refractivity contribution >= 4 is 5.91 Å². The molecule has 2 aromatic rings. The summed E-state index contributed by atoms with van der Waals surface area (Å²) >= 11 is 0. The number of nitrogens with zero attached hydrogens (tertiary/aromatic N) is 5. The van der Waals surface area contributed by atoms with Crippen LogP contribution in [0.5, 0.6) is 5.75 Å². The summed E-state index contributed by atoms with van der Waals surface area (Å²) in [4.78, 5) is 21.7. The Hall–Kier alpha value is -2.41. The van der Waals surface area contributed by atoms with Gasteiger partial charge in [0.2, 0.25) is 5.91 Å². The van der Waals surface area contributed by atoms with E-state index in [0.717, 1.165) is 69.3 Å². The summed E-state index contributed by atoms with van der Waals surface area (Å²) in [6, 6.07) is 8.73. The van der Waals surface area contributed by atoms with Crippen LogP contribution in [0.2, 0.25) is 0 Å². The minimum atomic E-state index is 0.176. The van der Waals surface area contributed by atoms with E-state index >= 15 is 0 Å². The van der Waals surface area contributed by atoms with Crippen LogP contribution >= 0.6 is 0 Å². The van der Waals surface area contributed by atoms with Crippen LogP contribution in [0, 0.1) is 5.92 Å². The SMILES string of the molecule is O=C(C1CCC(Oc2ccc(-n3cncn3)cc2)CC1)N1CCN(C2CCC2)CC1. The van der Waals surface area contributed by atoms with Gasteiger partial charge in [-0.25, -0.2) is 9.67 Å². The molecule has 1 aromatic carbocycles. The lowest BCUT2D eigenvalue weighted by Crippen LogP contribution is -2.54. The summed E-state index contributed by atoms with van der Waals surface area (Å²) in [6.45, 7) is 3.92. The van der Waals surface area contributed by atoms with Gasteiger partial charge in [-0.2, -0.15) is 5.10 Å². The molecule has 0 atom stereocenters. The van der Waals surface area contributed by atoms with E-state index in [1.165, 1.54) is 25.6 Å². The van der Waals surface area contributed by atoms with Gasteiger partial charge in [-0.1, -0.05) is 6.42 Å². The third-order valence-corrected chi connectivity index (χ3v) is 7.06. The van der Waals surface area contributed by atoms with Crippen molar-refractivity contribution in [2.45, 2.75) is 57.1 Å². The molecule has 3 aliphatic rings. The number of rotatable bonds is 5. The fourth-order valence-corrected chi connectivity index (χ4v) is 4.96.